The van der Waals surface area contributed by atoms with E-state index in [0.29, 0.717) is 49.3 Å². The summed E-state index contributed by atoms with van der Waals surface area (Å²) in [7, 11) is 0. The number of halogens is 1. The number of nitrogens with one attached hydrogen (secondary N) is 1. The van der Waals surface area contributed by atoms with Gasteiger partial charge in [0, 0.05) is 50.7 Å². The van der Waals surface area contributed by atoms with E-state index < -0.39 is 0 Å². The summed E-state index contributed by atoms with van der Waals surface area (Å²) >= 11 is 6.15. The molecule has 0 spiro atoms. The van der Waals surface area contributed by atoms with Crippen LogP contribution in [-0.2, 0) is 11.3 Å². The van der Waals surface area contributed by atoms with Crippen molar-refractivity contribution in [2.45, 2.75) is 13.5 Å². The molecule has 3 rings (SSSR count). The van der Waals surface area contributed by atoms with Crippen molar-refractivity contribution in [2.75, 3.05) is 31.5 Å². The minimum absolute atomic E-state index is 0.0326. The number of nitrogens with zero attached hydrogens (tertiary/aromatic N) is 4. The fourth-order valence-corrected chi connectivity index (χ4v) is 2.99. The number of anilines is 1. The van der Waals surface area contributed by atoms with Crippen LogP contribution >= 0.6 is 11.6 Å². The van der Waals surface area contributed by atoms with Crippen molar-refractivity contribution in [3.63, 3.8) is 0 Å². The van der Waals surface area contributed by atoms with Gasteiger partial charge in [0.25, 0.3) is 5.91 Å². The van der Waals surface area contributed by atoms with Crippen LogP contribution in [0.25, 0.3) is 0 Å². The van der Waals surface area contributed by atoms with Gasteiger partial charge in [-0.15, -0.1) is 0 Å². The van der Waals surface area contributed by atoms with E-state index in [4.69, 9.17) is 11.6 Å². The highest BCUT2D eigenvalue weighted by Crippen LogP contribution is 2.17. The van der Waals surface area contributed by atoms with Gasteiger partial charge >= 0.3 is 0 Å². The minimum Gasteiger partial charge on any atom is -0.366 e. The molecule has 1 N–H and O–H groups in total. The molecule has 0 atom stereocenters. The molecule has 1 aromatic heterocycles. The molecular weight excluding hydrogens is 354 g/mol. The number of hydrogen-bond acceptors (Lipinski definition) is 5. The average molecular weight is 374 g/mol. The lowest BCUT2D eigenvalue weighted by molar-refractivity contribution is -0.130. The van der Waals surface area contributed by atoms with Gasteiger partial charge in [0.05, 0.1) is 0 Å². The second-order valence-electron chi connectivity index (χ2n) is 6.03. The van der Waals surface area contributed by atoms with Crippen molar-refractivity contribution >= 4 is 29.2 Å². The summed E-state index contributed by atoms with van der Waals surface area (Å²) in [6.45, 7) is 4.14. The summed E-state index contributed by atoms with van der Waals surface area (Å²) in [4.78, 5) is 35.7. The molecule has 136 valence electrons. The first-order chi connectivity index (χ1) is 12.5. The quantitative estimate of drug-likeness (QED) is 0.887. The molecule has 1 aliphatic rings. The normalized spacial score (nSPS) is 14.2. The van der Waals surface area contributed by atoms with E-state index in [1.807, 2.05) is 24.3 Å². The zero-order valence-corrected chi connectivity index (χ0v) is 15.2. The van der Waals surface area contributed by atoms with Gasteiger partial charge in [-0.25, -0.2) is 9.97 Å². The predicted octanol–water partition coefficient (Wildman–Crippen LogP) is 2.05. The third-order valence-corrected chi connectivity index (χ3v) is 4.68. The molecule has 8 heteroatoms. The fraction of sp³-hybridized carbons (Fsp3) is 0.333. The maximum atomic E-state index is 12.6. The lowest BCUT2D eigenvalue weighted by atomic mass is 10.2. The van der Waals surface area contributed by atoms with Gasteiger partial charge < -0.3 is 15.1 Å². The van der Waals surface area contributed by atoms with Crippen LogP contribution in [0.4, 0.5) is 5.82 Å². The molecule has 0 unspecified atom stereocenters. The van der Waals surface area contributed by atoms with Crippen LogP contribution in [0.2, 0.25) is 5.02 Å². The number of carbonyl (C=O) groups is 2. The maximum absolute atomic E-state index is 12.6. The van der Waals surface area contributed by atoms with Crippen LogP contribution in [0.3, 0.4) is 0 Å². The Bertz CT molecular complexity index is 806. The molecule has 1 aliphatic heterocycles. The molecule has 26 heavy (non-hydrogen) atoms. The number of benzene rings is 1. The number of carbonyl (C=O) groups excluding carboxylic acids is 2. The van der Waals surface area contributed by atoms with Crippen molar-refractivity contribution in [3.05, 3.63) is 52.9 Å². The largest absolute Gasteiger partial charge is 0.366 e. The smallest absolute Gasteiger partial charge is 0.272 e. The second-order valence-corrected chi connectivity index (χ2v) is 6.44. The van der Waals surface area contributed by atoms with Gasteiger partial charge in [-0.2, -0.15) is 0 Å². The molecule has 1 aromatic carbocycles. The van der Waals surface area contributed by atoms with Crippen LogP contribution in [0.15, 0.2) is 36.7 Å². The Morgan fingerprint density at radius 3 is 2.50 bits per heavy atom. The molecule has 2 aromatic rings. The number of amides is 2. The SMILES string of the molecule is CC(=O)N1CCN(C(=O)c2cc(NCc3ccccc3Cl)ncn2)CC1. The number of rotatable bonds is 4. The first-order valence-corrected chi connectivity index (χ1v) is 8.76. The summed E-state index contributed by atoms with van der Waals surface area (Å²) < 4.78 is 0. The average Bonchev–Trinajstić information content (AvgIpc) is 2.67. The van der Waals surface area contributed by atoms with Crippen molar-refractivity contribution in [2.24, 2.45) is 0 Å². The van der Waals surface area contributed by atoms with E-state index in [-0.39, 0.29) is 11.8 Å². The molecule has 0 aliphatic carbocycles. The Hall–Kier alpha value is -2.67. The van der Waals surface area contributed by atoms with Crippen molar-refractivity contribution in [1.29, 1.82) is 0 Å². The lowest BCUT2D eigenvalue weighted by Crippen LogP contribution is -2.50. The molecule has 1 saturated heterocycles. The van der Waals surface area contributed by atoms with Crippen molar-refractivity contribution < 1.29 is 9.59 Å². The van der Waals surface area contributed by atoms with Crippen LogP contribution in [0.1, 0.15) is 23.0 Å². The van der Waals surface area contributed by atoms with Gasteiger partial charge in [0.2, 0.25) is 5.91 Å². The maximum Gasteiger partial charge on any atom is 0.272 e. The van der Waals surface area contributed by atoms with Crippen LogP contribution < -0.4 is 5.32 Å². The standard InChI is InChI=1S/C18H20ClN5O2/c1-13(25)23-6-8-24(9-7-23)18(26)16-10-17(22-12-21-16)20-11-14-4-2-3-5-15(14)19/h2-5,10,12H,6-9,11H2,1H3,(H,20,21,22). The molecule has 1 fully saturated rings. The van der Waals surface area contributed by atoms with Gasteiger partial charge in [-0.1, -0.05) is 29.8 Å². The van der Waals surface area contributed by atoms with Crippen LogP contribution in [0.5, 0.6) is 0 Å². The van der Waals surface area contributed by atoms with Gasteiger partial charge in [-0.05, 0) is 11.6 Å². The van der Waals surface area contributed by atoms with Crippen molar-refractivity contribution in [3.8, 4) is 0 Å². The minimum atomic E-state index is -0.156. The van der Waals surface area contributed by atoms with Gasteiger partial charge in [-0.3, -0.25) is 9.59 Å². The summed E-state index contributed by atoms with van der Waals surface area (Å²) in [5.41, 5.74) is 1.28. The first-order valence-electron chi connectivity index (χ1n) is 8.38. The zero-order valence-electron chi connectivity index (χ0n) is 14.5. The zero-order chi connectivity index (χ0) is 18.5. The molecule has 2 heterocycles. The Kier molecular flexibility index (Phi) is 5.68. The highest BCUT2D eigenvalue weighted by atomic mass is 35.5. The third-order valence-electron chi connectivity index (χ3n) is 4.32. The van der Waals surface area contributed by atoms with Gasteiger partial charge in [0.1, 0.15) is 17.8 Å². The molecule has 2 amide bonds. The van der Waals surface area contributed by atoms with Crippen LogP contribution in [-0.4, -0.2) is 57.8 Å². The van der Waals surface area contributed by atoms with Crippen LogP contribution in [0, 0.1) is 0 Å². The van der Waals surface area contributed by atoms with E-state index in [2.05, 4.69) is 15.3 Å². The Morgan fingerprint density at radius 2 is 1.81 bits per heavy atom. The van der Waals surface area contributed by atoms with E-state index >= 15 is 0 Å². The third kappa shape index (κ3) is 4.29. The van der Waals surface area contributed by atoms with E-state index in [1.54, 1.807) is 22.8 Å². The highest BCUT2D eigenvalue weighted by molar-refractivity contribution is 6.31. The molecule has 7 nitrogen and oxygen atoms in total. The number of hydrogen-bond donors (Lipinski definition) is 1. The topological polar surface area (TPSA) is 78.4 Å². The predicted molar refractivity (Wildman–Crippen MR) is 99.0 cm³/mol. The summed E-state index contributed by atoms with van der Waals surface area (Å²) in [5.74, 6) is 0.437. The fourth-order valence-electron chi connectivity index (χ4n) is 2.78. The Balaban J connectivity index is 1.63. The summed E-state index contributed by atoms with van der Waals surface area (Å²) in [6.07, 6.45) is 1.37. The first kappa shape index (κ1) is 18.1. The summed E-state index contributed by atoms with van der Waals surface area (Å²) in [5, 5.41) is 3.84. The molecule has 0 bridgehead atoms. The van der Waals surface area contributed by atoms with E-state index in [9.17, 15) is 9.59 Å². The Labute approximate surface area is 157 Å². The monoisotopic (exact) mass is 373 g/mol. The van der Waals surface area contributed by atoms with E-state index in [0.717, 1.165) is 5.56 Å². The molecule has 0 radical (unpaired) electrons. The van der Waals surface area contributed by atoms with Gasteiger partial charge in [0.15, 0.2) is 0 Å². The lowest BCUT2D eigenvalue weighted by Gasteiger charge is -2.34. The second kappa shape index (κ2) is 8.14. The van der Waals surface area contributed by atoms with Crippen molar-refractivity contribution in [1.82, 2.24) is 19.8 Å². The molecule has 0 saturated carbocycles. The Morgan fingerprint density at radius 1 is 1.12 bits per heavy atom. The number of piperazine rings is 1. The highest BCUT2D eigenvalue weighted by Gasteiger charge is 2.24. The van der Waals surface area contributed by atoms with E-state index in [1.165, 1.54) is 6.33 Å². The number of aromatic nitrogens is 2. The molecular formula is C18H20ClN5O2. The summed E-state index contributed by atoms with van der Waals surface area (Å²) in [6, 6.07) is 9.18.